The highest BCUT2D eigenvalue weighted by atomic mass is 79.9. The number of nitrogens with zero attached hydrogens (tertiary/aromatic N) is 3. The van der Waals surface area contributed by atoms with Gasteiger partial charge in [-0.25, -0.2) is 0 Å². The quantitative estimate of drug-likeness (QED) is 0.337. The van der Waals surface area contributed by atoms with Crippen molar-refractivity contribution in [3.63, 3.8) is 0 Å². The average Bonchev–Trinajstić information content (AvgIpc) is 3.72. The number of carbonyl (C=O) groups is 1. The molecule has 1 amide bonds. The summed E-state index contributed by atoms with van der Waals surface area (Å²) in [5.41, 5.74) is 4.55. The highest BCUT2D eigenvalue weighted by Crippen LogP contribution is 2.37. The van der Waals surface area contributed by atoms with Gasteiger partial charge in [0.1, 0.15) is 0 Å². The van der Waals surface area contributed by atoms with Gasteiger partial charge in [0.25, 0.3) is 5.56 Å². The first-order valence-electron chi connectivity index (χ1n) is 13.5. The Labute approximate surface area is 231 Å². The first-order valence-corrected chi connectivity index (χ1v) is 14.3. The van der Waals surface area contributed by atoms with Crippen LogP contribution >= 0.6 is 15.9 Å². The minimum atomic E-state index is -0.178. The Balaban J connectivity index is 1.32. The molecule has 1 aliphatic heterocycles. The maximum absolute atomic E-state index is 14.2. The van der Waals surface area contributed by atoms with Gasteiger partial charge in [0, 0.05) is 66.6 Å². The van der Waals surface area contributed by atoms with Crippen LogP contribution in [0.3, 0.4) is 0 Å². The normalized spacial score (nSPS) is 19.5. The summed E-state index contributed by atoms with van der Waals surface area (Å²) < 4.78 is 4.93. The molecule has 2 aromatic heterocycles. The lowest BCUT2D eigenvalue weighted by Gasteiger charge is -2.35. The van der Waals surface area contributed by atoms with E-state index in [0.29, 0.717) is 13.1 Å². The number of carbonyl (C=O) groups excluding carboxylic acids is 1. The van der Waals surface area contributed by atoms with E-state index in [2.05, 4.69) is 79.4 Å². The monoisotopic (exact) mass is 572 g/mol. The molecule has 2 fully saturated rings. The molecule has 3 heterocycles. The van der Waals surface area contributed by atoms with Crippen LogP contribution in [0, 0.1) is 5.92 Å². The number of fused-ring (bicyclic) bond motifs is 1. The number of hydrogen-bond donors (Lipinski definition) is 1. The molecule has 38 heavy (non-hydrogen) atoms. The lowest BCUT2D eigenvalue weighted by molar-refractivity contribution is -0.138. The second-order valence-electron chi connectivity index (χ2n) is 10.7. The first-order chi connectivity index (χ1) is 18.5. The lowest BCUT2D eigenvalue weighted by atomic mass is 9.80. The molecule has 6 nitrogen and oxygen atoms in total. The first kappa shape index (κ1) is 25.1. The third-order valence-corrected chi connectivity index (χ3v) is 8.58. The molecular formula is C31H33BrN4O2. The van der Waals surface area contributed by atoms with Crippen molar-refractivity contribution in [2.45, 2.75) is 44.3 Å². The Morgan fingerprint density at radius 3 is 2.66 bits per heavy atom. The number of nitrogens with one attached hydrogen (secondary N) is 1. The van der Waals surface area contributed by atoms with Crippen molar-refractivity contribution >= 4 is 32.7 Å². The molecule has 1 saturated heterocycles. The van der Waals surface area contributed by atoms with Crippen LogP contribution in [0.15, 0.2) is 82.3 Å². The highest BCUT2D eigenvalue weighted by Gasteiger charge is 2.40. The molecule has 1 unspecified atom stereocenters. The molecule has 2 aliphatic rings. The molecule has 196 valence electrons. The fourth-order valence-corrected chi connectivity index (χ4v) is 6.21. The van der Waals surface area contributed by atoms with Gasteiger partial charge in [0.15, 0.2) is 0 Å². The summed E-state index contributed by atoms with van der Waals surface area (Å²) >= 11 is 3.65. The zero-order valence-electron chi connectivity index (χ0n) is 21.6. The second kappa shape index (κ2) is 10.5. The van der Waals surface area contributed by atoms with Crippen LogP contribution in [0.25, 0.3) is 10.9 Å². The molecule has 1 aliphatic carbocycles. The van der Waals surface area contributed by atoms with E-state index in [-0.39, 0.29) is 29.3 Å². The van der Waals surface area contributed by atoms with Crippen LogP contribution < -0.4 is 10.9 Å². The van der Waals surface area contributed by atoms with Crippen LogP contribution in [0.2, 0.25) is 0 Å². The molecule has 0 bridgehead atoms. The maximum Gasteiger partial charge on any atom is 0.250 e. The highest BCUT2D eigenvalue weighted by molar-refractivity contribution is 9.10. The van der Waals surface area contributed by atoms with E-state index in [0.717, 1.165) is 42.4 Å². The van der Waals surface area contributed by atoms with E-state index in [1.807, 2.05) is 18.3 Å². The van der Waals surface area contributed by atoms with E-state index < -0.39 is 0 Å². The summed E-state index contributed by atoms with van der Waals surface area (Å²) in [6, 6.07) is 20.9. The Bertz CT molecular complexity index is 1520. The number of hydrogen-bond acceptors (Lipinski definition) is 3. The molecular weight excluding hydrogens is 540 g/mol. The van der Waals surface area contributed by atoms with E-state index in [4.69, 9.17) is 0 Å². The van der Waals surface area contributed by atoms with Crippen molar-refractivity contribution in [1.82, 2.24) is 19.4 Å². The Kier molecular flexibility index (Phi) is 6.97. The molecule has 6 rings (SSSR count). The van der Waals surface area contributed by atoms with Crippen molar-refractivity contribution in [3.05, 3.63) is 105 Å². The average molecular weight is 574 g/mol. The van der Waals surface area contributed by atoms with Gasteiger partial charge < -0.3 is 19.4 Å². The number of piperidine rings is 1. The van der Waals surface area contributed by atoms with Gasteiger partial charge in [-0.3, -0.25) is 9.59 Å². The fraction of sp³-hybridized carbons (Fsp3) is 0.355. The lowest BCUT2D eigenvalue weighted by Crippen LogP contribution is -2.47. The largest absolute Gasteiger partial charge is 0.343 e. The van der Waals surface area contributed by atoms with E-state index in [1.54, 1.807) is 17.7 Å². The van der Waals surface area contributed by atoms with Gasteiger partial charge in [-0.05, 0) is 66.6 Å². The molecule has 2 aromatic carbocycles. The summed E-state index contributed by atoms with van der Waals surface area (Å²) in [4.78, 5) is 28.7. The second-order valence-corrected chi connectivity index (χ2v) is 11.7. The Hall–Kier alpha value is -3.16. The van der Waals surface area contributed by atoms with Crippen molar-refractivity contribution in [1.29, 1.82) is 0 Å². The van der Waals surface area contributed by atoms with Crippen molar-refractivity contribution in [2.24, 2.45) is 13.0 Å². The number of halogens is 1. The Morgan fingerprint density at radius 2 is 1.89 bits per heavy atom. The van der Waals surface area contributed by atoms with E-state index >= 15 is 0 Å². The third-order valence-electron chi connectivity index (χ3n) is 8.09. The summed E-state index contributed by atoms with van der Waals surface area (Å²) in [6.07, 6.45) is 7.00. The summed E-state index contributed by atoms with van der Waals surface area (Å²) in [5, 5.41) is 4.63. The molecule has 4 aromatic rings. The van der Waals surface area contributed by atoms with Gasteiger partial charge in [0.2, 0.25) is 5.91 Å². The topological polar surface area (TPSA) is 59.3 Å². The smallest absolute Gasteiger partial charge is 0.250 e. The molecule has 2 atom stereocenters. The standard InChI is InChI=1S/C31H33BrN4O2/c1-34-14-12-22(15-30(34)37)26-11-13-33-17-28(26)31(38)36(25-8-9-25)20-23-19-35(18-21-5-3-2-4-6-21)29-16-24(32)7-10-27(23)29/h2-7,10,12,14-16,19,25-26,28,33H,8-9,11,13,17-18,20H2,1H3/t26?,28-/m0/s1. The summed E-state index contributed by atoms with van der Waals surface area (Å²) in [7, 11) is 1.76. The van der Waals surface area contributed by atoms with Gasteiger partial charge >= 0.3 is 0 Å². The van der Waals surface area contributed by atoms with Crippen LogP contribution in [0.1, 0.15) is 41.9 Å². The SMILES string of the molecule is Cn1ccc(C2CCNC[C@@H]2C(=O)N(Cc2cn(Cc3ccccc3)c3cc(Br)ccc23)C2CC2)cc1=O. The summed E-state index contributed by atoms with van der Waals surface area (Å²) in [5.74, 6) is 0.0731. The van der Waals surface area contributed by atoms with E-state index in [1.165, 1.54) is 22.0 Å². The van der Waals surface area contributed by atoms with Crippen LogP contribution in [0.5, 0.6) is 0 Å². The number of benzene rings is 2. The summed E-state index contributed by atoms with van der Waals surface area (Å²) in [6.45, 7) is 2.88. The third kappa shape index (κ3) is 5.09. The molecule has 0 spiro atoms. The van der Waals surface area contributed by atoms with Crippen molar-refractivity contribution < 1.29 is 4.79 Å². The van der Waals surface area contributed by atoms with Crippen molar-refractivity contribution in [2.75, 3.05) is 13.1 Å². The predicted octanol–water partition coefficient (Wildman–Crippen LogP) is 5.04. The van der Waals surface area contributed by atoms with Gasteiger partial charge in [-0.15, -0.1) is 0 Å². The Morgan fingerprint density at radius 1 is 1.08 bits per heavy atom. The molecule has 0 radical (unpaired) electrons. The van der Waals surface area contributed by atoms with Crippen LogP contribution in [-0.2, 0) is 24.9 Å². The van der Waals surface area contributed by atoms with Gasteiger partial charge in [0.05, 0.1) is 5.92 Å². The number of pyridine rings is 1. The number of rotatable bonds is 7. The molecule has 1 N–H and O–H groups in total. The fourth-order valence-electron chi connectivity index (χ4n) is 5.86. The molecule has 1 saturated carbocycles. The van der Waals surface area contributed by atoms with Crippen molar-refractivity contribution in [3.8, 4) is 0 Å². The number of amides is 1. The van der Waals surface area contributed by atoms with Crippen LogP contribution in [0.4, 0.5) is 0 Å². The molecule has 7 heteroatoms. The zero-order chi connectivity index (χ0) is 26.2. The number of aryl methyl sites for hydroxylation is 1. The van der Waals surface area contributed by atoms with Crippen LogP contribution in [-0.4, -0.2) is 39.1 Å². The predicted molar refractivity (Wildman–Crippen MR) is 154 cm³/mol. The minimum Gasteiger partial charge on any atom is -0.343 e. The van der Waals surface area contributed by atoms with Gasteiger partial charge in [-0.1, -0.05) is 52.3 Å². The minimum absolute atomic E-state index is 0.0244. The van der Waals surface area contributed by atoms with E-state index in [9.17, 15) is 9.59 Å². The zero-order valence-corrected chi connectivity index (χ0v) is 23.2. The number of aromatic nitrogens is 2. The maximum atomic E-state index is 14.2. The van der Waals surface area contributed by atoms with Gasteiger partial charge in [-0.2, -0.15) is 0 Å².